The molecule has 1 aliphatic carbocycles. The van der Waals surface area contributed by atoms with E-state index >= 15 is 0 Å². The zero-order chi connectivity index (χ0) is 18.0. The third-order valence-electron chi connectivity index (χ3n) is 4.59. The highest BCUT2D eigenvalue weighted by Crippen LogP contribution is 2.26. The summed E-state index contributed by atoms with van der Waals surface area (Å²) in [5, 5.41) is 5.37. The first-order valence-electron chi connectivity index (χ1n) is 8.29. The van der Waals surface area contributed by atoms with E-state index in [0.717, 1.165) is 17.1 Å². The first-order valence-corrected chi connectivity index (χ1v) is 9.73. The van der Waals surface area contributed by atoms with E-state index in [-0.39, 0.29) is 60.7 Å². The molecule has 8 nitrogen and oxygen atoms in total. The first-order chi connectivity index (χ1) is 11.9. The van der Waals surface area contributed by atoms with Gasteiger partial charge in [-0.2, -0.15) is 4.31 Å². The van der Waals surface area contributed by atoms with Crippen LogP contribution < -0.4 is 16.4 Å². The first kappa shape index (κ1) is 20.6. The Hall–Kier alpha value is -1.68. The maximum absolute atomic E-state index is 12.7. The van der Waals surface area contributed by atoms with E-state index in [1.54, 1.807) is 12.1 Å². The minimum Gasteiger partial charge on any atom is -0.354 e. The minimum absolute atomic E-state index is 0. The van der Waals surface area contributed by atoms with Crippen molar-refractivity contribution in [3.8, 4) is 0 Å². The summed E-state index contributed by atoms with van der Waals surface area (Å²) in [6.07, 6.45) is 2.21. The molecule has 2 atom stereocenters. The summed E-state index contributed by atoms with van der Waals surface area (Å²) < 4.78 is 26.5. The summed E-state index contributed by atoms with van der Waals surface area (Å²) in [4.78, 5) is 23.8. The van der Waals surface area contributed by atoms with Crippen molar-refractivity contribution < 1.29 is 18.0 Å². The van der Waals surface area contributed by atoms with Crippen molar-refractivity contribution in [2.24, 2.45) is 11.7 Å². The Bertz CT molecular complexity index is 786. The minimum atomic E-state index is -3.78. The van der Waals surface area contributed by atoms with Gasteiger partial charge in [0.25, 0.3) is 0 Å². The number of halogens is 1. The van der Waals surface area contributed by atoms with Crippen LogP contribution in [0.4, 0.5) is 5.69 Å². The van der Waals surface area contributed by atoms with Gasteiger partial charge in [-0.1, -0.05) is 6.07 Å². The molecular weight excluding hydrogens is 380 g/mol. The van der Waals surface area contributed by atoms with Gasteiger partial charge < -0.3 is 16.4 Å². The highest BCUT2D eigenvalue weighted by atomic mass is 35.5. The van der Waals surface area contributed by atoms with Crippen molar-refractivity contribution in [2.75, 3.05) is 25.0 Å². The Balaban J connectivity index is 0.00000243. The molecule has 1 aromatic rings. The number of rotatable bonds is 4. The molecule has 0 aromatic heterocycles. The van der Waals surface area contributed by atoms with E-state index in [0.29, 0.717) is 12.1 Å². The van der Waals surface area contributed by atoms with E-state index in [1.807, 2.05) is 0 Å². The van der Waals surface area contributed by atoms with Crippen LogP contribution in [0.3, 0.4) is 0 Å². The van der Waals surface area contributed by atoms with Gasteiger partial charge in [0.15, 0.2) is 0 Å². The van der Waals surface area contributed by atoms with Gasteiger partial charge >= 0.3 is 0 Å². The molecule has 3 rings (SSSR count). The number of amides is 2. The van der Waals surface area contributed by atoms with E-state index in [2.05, 4.69) is 10.6 Å². The quantitative estimate of drug-likeness (QED) is 0.668. The molecule has 144 valence electrons. The number of carbonyl (C=O) groups is 2. The van der Waals surface area contributed by atoms with Gasteiger partial charge in [-0.05, 0) is 37.5 Å². The molecule has 0 radical (unpaired) electrons. The third kappa shape index (κ3) is 4.53. The largest absolute Gasteiger partial charge is 0.354 e. The van der Waals surface area contributed by atoms with Crippen LogP contribution in [0.5, 0.6) is 0 Å². The van der Waals surface area contributed by atoms with Crippen LogP contribution in [0.1, 0.15) is 19.3 Å². The predicted molar refractivity (Wildman–Crippen MR) is 99.4 cm³/mol. The van der Waals surface area contributed by atoms with Gasteiger partial charge in [0.2, 0.25) is 21.8 Å². The molecule has 1 saturated carbocycles. The zero-order valence-electron chi connectivity index (χ0n) is 14.2. The molecule has 26 heavy (non-hydrogen) atoms. The number of hydrogen-bond acceptors (Lipinski definition) is 5. The molecule has 2 unspecified atom stereocenters. The molecule has 2 aliphatic rings. The van der Waals surface area contributed by atoms with Gasteiger partial charge in [-0.15, -0.1) is 12.4 Å². The van der Waals surface area contributed by atoms with Crippen molar-refractivity contribution in [1.82, 2.24) is 9.62 Å². The van der Waals surface area contributed by atoms with Crippen molar-refractivity contribution in [1.29, 1.82) is 0 Å². The second kappa shape index (κ2) is 8.34. The van der Waals surface area contributed by atoms with E-state index in [4.69, 9.17) is 5.73 Å². The summed E-state index contributed by atoms with van der Waals surface area (Å²) in [6.45, 7) is 0.319. The van der Waals surface area contributed by atoms with Gasteiger partial charge in [-0.25, -0.2) is 8.42 Å². The SMILES string of the molecule is Cl.NC1CCC(C(=O)Nc2cccc(S(=O)(=O)N3CCNC(=O)C3)c2)C1. The number of nitrogens with zero attached hydrogens (tertiary/aromatic N) is 1. The van der Waals surface area contributed by atoms with Crippen LogP contribution in [-0.2, 0) is 19.6 Å². The van der Waals surface area contributed by atoms with Gasteiger partial charge in [0.1, 0.15) is 0 Å². The summed E-state index contributed by atoms with van der Waals surface area (Å²) in [5.74, 6) is -0.599. The number of sulfonamides is 1. The third-order valence-corrected chi connectivity index (χ3v) is 6.43. The highest BCUT2D eigenvalue weighted by Gasteiger charge is 2.30. The lowest BCUT2D eigenvalue weighted by atomic mass is 10.1. The predicted octanol–water partition coefficient (Wildman–Crippen LogP) is 0.295. The van der Waals surface area contributed by atoms with Crippen molar-refractivity contribution >= 4 is 39.9 Å². The van der Waals surface area contributed by atoms with E-state index in [9.17, 15) is 18.0 Å². The summed E-state index contributed by atoms with van der Waals surface area (Å²) in [5.41, 5.74) is 6.26. The van der Waals surface area contributed by atoms with Crippen LogP contribution in [0.2, 0.25) is 0 Å². The Morgan fingerprint density at radius 2 is 2.08 bits per heavy atom. The van der Waals surface area contributed by atoms with Crippen LogP contribution in [0.15, 0.2) is 29.2 Å². The lowest BCUT2D eigenvalue weighted by Crippen LogP contribution is -2.49. The monoisotopic (exact) mass is 402 g/mol. The number of anilines is 1. The fourth-order valence-corrected chi connectivity index (χ4v) is 4.65. The number of nitrogens with two attached hydrogens (primary N) is 1. The van der Waals surface area contributed by atoms with E-state index in [1.165, 1.54) is 12.1 Å². The number of benzene rings is 1. The molecule has 2 amide bonds. The van der Waals surface area contributed by atoms with Crippen molar-refractivity contribution in [2.45, 2.75) is 30.2 Å². The standard InChI is InChI=1S/C16H22N4O4S.ClH/c17-12-5-4-11(8-12)16(22)19-13-2-1-3-14(9-13)25(23,24)20-7-6-18-15(21)10-20;/h1-3,9,11-12H,4-8,10,17H2,(H,18,21)(H,19,22);1H. The van der Waals surface area contributed by atoms with Gasteiger partial charge in [-0.3, -0.25) is 9.59 Å². The second-order valence-corrected chi connectivity index (χ2v) is 8.41. The van der Waals surface area contributed by atoms with Crippen LogP contribution in [-0.4, -0.2) is 50.2 Å². The molecule has 1 aliphatic heterocycles. The highest BCUT2D eigenvalue weighted by molar-refractivity contribution is 7.89. The lowest BCUT2D eigenvalue weighted by Gasteiger charge is -2.26. The average molecular weight is 403 g/mol. The Morgan fingerprint density at radius 3 is 2.73 bits per heavy atom. The molecule has 2 fully saturated rings. The smallest absolute Gasteiger partial charge is 0.243 e. The maximum atomic E-state index is 12.7. The molecule has 10 heteroatoms. The summed E-state index contributed by atoms with van der Waals surface area (Å²) >= 11 is 0. The van der Waals surface area contributed by atoms with Crippen LogP contribution in [0.25, 0.3) is 0 Å². The van der Waals surface area contributed by atoms with Crippen molar-refractivity contribution in [3.05, 3.63) is 24.3 Å². The number of nitrogens with one attached hydrogen (secondary N) is 2. The molecule has 1 heterocycles. The van der Waals surface area contributed by atoms with Crippen molar-refractivity contribution in [3.63, 3.8) is 0 Å². The average Bonchev–Trinajstić information content (AvgIpc) is 3.02. The normalized spacial score (nSPS) is 23.8. The van der Waals surface area contributed by atoms with Crippen LogP contribution >= 0.6 is 12.4 Å². The Labute approximate surface area is 159 Å². The number of hydrogen-bond donors (Lipinski definition) is 3. The zero-order valence-corrected chi connectivity index (χ0v) is 15.8. The van der Waals surface area contributed by atoms with Gasteiger partial charge in [0.05, 0.1) is 11.4 Å². The Morgan fingerprint density at radius 1 is 1.31 bits per heavy atom. The van der Waals surface area contributed by atoms with Gasteiger partial charge in [0, 0.05) is 30.7 Å². The molecule has 4 N–H and O–H groups in total. The topological polar surface area (TPSA) is 122 Å². The summed E-state index contributed by atoms with van der Waals surface area (Å²) in [7, 11) is -3.78. The molecule has 1 saturated heterocycles. The maximum Gasteiger partial charge on any atom is 0.243 e. The molecular formula is C16H23ClN4O4S. The Kier molecular flexibility index (Phi) is 6.62. The van der Waals surface area contributed by atoms with Crippen LogP contribution in [0, 0.1) is 5.92 Å². The summed E-state index contributed by atoms with van der Waals surface area (Å²) in [6, 6.07) is 6.16. The molecule has 1 aromatic carbocycles. The number of carbonyl (C=O) groups excluding carboxylic acids is 2. The fourth-order valence-electron chi connectivity index (χ4n) is 3.20. The molecule has 0 bridgehead atoms. The molecule has 0 spiro atoms. The number of piperazine rings is 1. The fraction of sp³-hybridized carbons (Fsp3) is 0.500. The lowest BCUT2D eigenvalue weighted by molar-refractivity contribution is -0.122. The van der Waals surface area contributed by atoms with E-state index < -0.39 is 10.0 Å². The second-order valence-electron chi connectivity index (χ2n) is 6.48.